The number of piperidine rings is 1. The zero-order chi connectivity index (χ0) is 8.23. The van der Waals surface area contributed by atoms with Crippen molar-refractivity contribution in [2.24, 2.45) is 0 Å². The highest BCUT2D eigenvalue weighted by Crippen LogP contribution is 2.27. The zero-order valence-corrected chi connectivity index (χ0v) is 7.86. The molecule has 1 aliphatic heterocycles. The van der Waals surface area contributed by atoms with Crippen LogP contribution in [0.2, 0.25) is 0 Å². The minimum Gasteiger partial charge on any atom is -0.388 e. The molecule has 0 radical (unpaired) electrons. The lowest BCUT2D eigenvalue weighted by molar-refractivity contribution is 0.538. The molecular weight excluding hydrogens is 146 g/mol. The van der Waals surface area contributed by atoms with Crippen LogP contribution < -0.4 is 5.32 Å². The lowest BCUT2D eigenvalue weighted by Gasteiger charge is -2.23. The van der Waals surface area contributed by atoms with Crippen LogP contribution in [0.3, 0.4) is 0 Å². The third-order valence-electron chi connectivity index (χ3n) is 3.08. The summed E-state index contributed by atoms with van der Waals surface area (Å²) >= 11 is 0. The van der Waals surface area contributed by atoms with Gasteiger partial charge in [0.25, 0.3) is 0 Å². The lowest BCUT2D eigenvalue weighted by Crippen LogP contribution is -2.22. The molecule has 0 amide bonds. The van der Waals surface area contributed by atoms with E-state index in [0.29, 0.717) is 0 Å². The molecule has 1 saturated carbocycles. The Morgan fingerprint density at radius 1 is 0.750 bits per heavy atom. The molecule has 2 fully saturated rings. The molecule has 12 heavy (non-hydrogen) atoms. The van der Waals surface area contributed by atoms with E-state index in [2.05, 4.69) is 5.32 Å². The molecule has 2 rings (SSSR count). The van der Waals surface area contributed by atoms with E-state index in [-0.39, 0.29) is 0 Å². The minimum atomic E-state index is 1.22. The van der Waals surface area contributed by atoms with Gasteiger partial charge in [0.2, 0.25) is 0 Å². The Morgan fingerprint density at radius 2 is 1.50 bits per heavy atom. The maximum absolute atomic E-state index is 3.57. The smallest absolute Gasteiger partial charge is 0.0144 e. The predicted molar refractivity (Wildman–Crippen MR) is 52.0 cm³/mol. The number of allylic oxidation sites excluding steroid dienone is 2. The first-order valence-corrected chi connectivity index (χ1v) is 5.41. The van der Waals surface area contributed by atoms with Gasteiger partial charge in [0.1, 0.15) is 0 Å². The molecule has 0 aromatic carbocycles. The molecule has 1 heterocycles. The highest BCUT2D eigenvalue weighted by molar-refractivity contribution is 5.15. The van der Waals surface area contributed by atoms with E-state index in [9.17, 15) is 0 Å². The summed E-state index contributed by atoms with van der Waals surface area (Å²) < 4.78 is 0. The second-order valence-electron chi connectivity index (χ2n) is 4.03. The topological polar surface area (TPSA) is 12.0 Å². The molecule has 1 N–H and O–H groups in total. The second kappa shape index (κ2) is 3.97. The van der Waals surface area contributed by atoms with Crippen LogP contribution >= 0.6 is 0 Å². The molecule has 0 spiro atoms. The highest BCUT2D eigenvalue weighted by Gasteiger charge is 2.12. The van der Waals surface area contributed by atoms with E-state index in [0.717, 1.165) is 0 Å². The average Bonchev–Trinajstić information content (AvgIpc) is 2.21. The van der Waals surface area contributed by atoms with Gasteiger partial charge in [-0.15, -0.1) is 0 Å². The van der Waals surface area contributed by atoms with Crippen molar-refractivity contribution >= 4 is 0 Å². The molecule has 68 valence electrons. The van der Waals surface area contributed by atoms with Crippen LogP contribution in [0.4, 0.5) is 0 Å². The first kappa shape index (κ1) is 8.15. The van der Waals surface area contributed by atoms with E-state index >= 15 is 0 Å². The van der Waals surface area contributed by atoms with Crippen molar-refractivity contribution in [2.75, 3.05) is 6.54 Å². The van der Waals surface area contributed by atoms with Crippen molar-refractivity contribution < 1.29 is 0 Å². The van der Waals surface area contributed by atoms with Crippen LogP contribution in [0, 0.1) is 0 Å². The molecule has 0 atom stereocenters. The Balaban J connectivity index is 2.00. The van der Waals surface area contributed by atoms with Gasteiger partial charge in [0.15, 0.2) is 0 Å². The van der Waals surface area contributed by atoms with E-state index in [1.807, 2.05) is 0 Å². The Kier molecular flexibility index (Phi) is 2.70. The maximum atomic E-state index is 3.57. The van der Waals surface area contributed by atoms with Crippen molar-refractivity contribution in [3.8, 4) is 0 Å². The van der Waals surface area contributed by atoms with E-state index in [1.54, 1.807) is 11.3 Å². The molecular formula is C11H19N. The summed E-state index contributed by atoms with van der Waals surface area (Å²) in [6.45, 7) is 1.22. The van der Waals surface area contributed by atoms with Crippen LogP contribution in [0.15, 0.2) is 11.3 Å². The third-order valence-corrected chi connectivity index (χ3v) is 3.08. The molecule has 2 aliphatic rings. The normalized spacial score (nSPS) is 25.3. The molecule has 1 aliphatic carbocycles. The van der Waals surface area contributed by atoms with Gasteiger partial charge >= 0.3 is 0 Å². The minimum absolute atomic E-state index is 1.22. The van der Waals surface area contributed by atoms with E-state index in [4.69, 9.17) is 0 Å². The summed E-state index contributed by atoms with van der Waals surface area (Å²) in [5.74, 6) is 0. The predicted octanol–water partition coefficient (Wildman–Crippen LogP) is 2.98. The van der Waals surface area contributed by atoms with Gasteiger partial charge in [-0.05, 0) is 44.9 Å². The first-order chi connectivity index (χ1) is 5.97. The fraction of sp³-hybridized carbons (Fsp3) is 0.818. The summed E-state index contributed by atoms with van der Waals surface area (Å²) in [4.78, 5) is 0. The standard InChI is InChI=1S/C11H19N/c1-2-6-10(7-3-1)11-8-4-5-9-12-11/h12H,1-9H2. The van der Waals surface area contributed by atoms with Crippen LogP contribution in [0.5, 0.6) is 0 Å². The van der Waals surface area contributed by atoms with Gasteiger partial charge in [-0.25, -0.2) is 0 Å². The van der Waals surface area contributed by atoms with Crippen LogP contribution in [-0.4, -0.2) is 6.54 Å². The Morgan fingerprint density at radius 3 is 2.17 bits per heavy atom. The van der Waals surface area contributed by atoms with Crippen molar-refractivity contribution in [1.82, 2.24) is 5.32 Å². The largest absolute Gasteiger partial charge is 0.388 e. The Labute approximate surface area is 75.2 Å². The van der Waals surface area contributed by atoms with E-state index < -0.39 is 0 Å². The van der Waals surface area contributed by atoms with Gasteiger partial charge < -0.3 is 5.32 Å². The monoisotopic (exact) mass is 165 g/mol. The summed E-state index contributed by atoms with van der Waals surface area (Å²) in [5, 5.41) is 3.57. The van der Waals surface area contributed by atoms with Gasteiger partial charge in [-0.2, -0.15) is 0 Å². The van der Waals surface area contributed by atoms with Crippen molar-refractivity contribution in [2.45, 2.75) is 51.4 Å². The van der Waals surface area contributed by atoms with Crippen LogP contribution in [0.1, 0.15) is 51.4 Å². The first-order valence-electron chi connectivity index (χ1n) is 5.41. The van der Waals surface area contributed by atoms with Gasteiger partial charge in [0, 0.05) is 12.2 Å². The third kappa shape index (κ3) is 1.82. The summed E-state index contributed by atoms with van der Waals surface area (Å²) in [7, 11) is 0. The number of hydrogen-bond donors (Lipinski definition) is 1. The molecule has 0 aromatic rings. The zero-order valence-electron chi connectivity index (χ0n) is 7.86. The summed E-state index contributed by atoms with van der Waals surface area (Å²) in [6, 6.07) is 0. The van der Waals surface area contributed by atoms with Crippen molar-refractivity contribution in [3.05, 3.63) is 11.3 Å². The number of rotatable bonds is 0. The summed E-state index contributed by atoms with van der Waals surface area (Å²) in [6.07, 6.45) is 11.2. The Hall–Kier alpha value is -0.460. The molecule has 1 nitrogen and oxygen atoms in total. The Bertz CT molecular complexity index is 145. The van der Waals surface area contributed by atoms with Crippen molar-refractivity contribution in [3.63, 3.8) is 0 Å². The fourth-order valence-corrected chi connectivity index (χ4v) is 2.34. The maximum Gasteiger partial charge on any atom is 0.0144 e. The second-order valence-corrected chi connectivity index (χ2v) is 4.03. The number of hydrogen-bond acceptors (Lipinski definition) is 1. The molecule has 1 saturated heterocycles. The van der Waals surface area contributed by atoms with Crippen LogP contribution in [-0.2, 0) is 0 Å². The SMILES string of the molecule is C1CCC(=C2CCCCN2)CC1. The van der Waals surface area contributed by atoms with Gasteiger partial charge in [0.05, 0.1) is 0 Å². The molecule has 0 unspecified atom stereocenters. The molecule has 1 heteroatoms. The highest BCUT2D eigenvalue weighted by atomic mass is 14.9. The van der Waals surface area contributed by atoms with Crippen LogP contribution in [0.25, 0.3) is 0 Å². The average molecular weight is 165 g/mol. The van der Waals surface area contributed by atoms with Crippen molar-refractivity contribution in [1.29, 1.82) is 0 Å². The fourth-order valence-electron chi connectivity index (χ4n) is 2.34. The molecule has 0 bridgehead atoms. The quantitative estimate of drug-likeness (QED) is 0.582. The van der Waals surface area contributed by atoms with Gasteiger partial charge in [-0.3, -0.25) is 0 Å². The summed E-state index contributed by atoms with van der Waals surface area (Å²) in [5.41, 5.74) is 3.36. The van der Waals surface area contributed by atoms with Gasteiger partial charge in [-0.1, -0.05) is 12.0 Å². The number of nitrogens with one attached hydrogen (secondary N) is 1. The van der Waals surface area contributed by atoms with E-state index in [1.165, 1.54) is 57.9 Å². The lowest BCUT2D eigenvalue weighted by atomic mass is 9.91. The molecule has 0 aromatic heterocycles.